The van der Waals surface area contributed by atoms with E-state index < -0.39 is 91.5 Å². The maximum absolute atomic E-state index is 13.2. The molecule has 0 aromatic heterocycles. The van der Waals surface area contributed by atoms with Crippen LogP contribution in [-0.4, -0.2) is 95.9 Å². The smallest absolute Gasteiger partial charge is 0.463 e. The molecule has 5 atom stereocenters. The Morgan fingerprint density at radius 3 is 0.568 bits per heavy atom. The van der Waals surface area contributed by atoms with Crippen LogP contribution in [0, 0.1) is 0 Å². The van der Waals surface area contributed by atoms with E-state index in [4.69, 9.17) is 32.3 Å². The Morgan fingerprint density at radius 1 is 0.201 bits per heavy atom. The third kappa shape index (κ3) is 112. The Kier molecular flexibility index (Phi) is 106. The first-order valence-corrected chi connectivity index (χ1v) is 59.0. The molecule has 0 aliphatic carbocycles. The Labute approximate surface area is 851 Å². The topological polar surface area (TPSA) is 231 Å². The number of phosphoric acid groups is 2. The van der Waals surface area contributed by atoms with Crippen LogP contribution in [0.25, 0.3) is 0 Å². The molecule has 0 aromatic carbocycles. The first-order chi connectivity index (χ1) is 68.2. The Morgan fingerprint density at radius 2 is 0.360 bits per heavy atom. The molecule has 5 unspecified atom stereocenters. The molecule has 0 fully saturated rings. The summed E-state index contributed by atoms with van der Waals surface area (Å²) in [5.41, 5.74) is 0. The van der Waals surface area contributed by atoms with Gasteiger partial charge in [0.15, 0.2) is 6.10 Å². The zero-order valence-electron chi connectivity index (χ0n) is 88.3. The molecule has 0 radical (unpaired) electrons. The highest BCUT2D eigenvalue weighted by Crippen LogP contribution is 2.45. The van der Waals surface area contributed by atoms with Crippen molar-refractivity contribution in [3.63, 3.8) is 0 Å². The summed E-state index contributed by atoms with van der Waals surface area (Å²) >= 11 is 0. The first-order valence-electron chi connectivity index (χ1n) is 56.0. The number of hydrogen-bond acceptors (Lipinski definition) is 14. The number of hydrogen-bond donors (Lipinski definition) is 4. The van der Waals surface area contributed by atoms with Crippen LogP contribution >= 0.6 is 15.6 Å². The van der Waals surface area contributed by atoms with E-state index in [0.29, 0.717) is 19.3 Å². The van der Waals surface area contributed by atoms with Crippen LogP contribution in [0.5, 0.6) is 0 Å². The lowest BCUT2D eigenvalue weighted by atomic mass is 10.0. The van der Waals surface area contributed by atoms with E-state index in [-0.39, 0.29) is 19.3 Å². The molecule has 0 aliphatic rings. The van der Waals surface area contributed by atoms with Crippen molar-refractivity contribution in [1.82, 2.24) is 0 Å². The molecule has 0 saturated heterocycles. The molecule has 0 amide bonds. The summed E-state index contributed by atoms with van der Waals surface area (Å²) in [6, 6.07) is 0. The van der Waals surface area contributed by atoms with Crippen molar-refractivity contribution in [2.75, 3.05) is 39.6 Å². The number of carbonyl (C=O) groups excluding carboxylic acids is 3. The Bertz CT molecular complexity index is 3410. The SMILES string of the molecule is CC/C=C\C/C=C\C/C=C\C/C=C\C/C=C\C/C=C\CCCCCCCCCCCCCCCCCCC(=O)OCC(O)COP(=O)(O)OCC(O)COP(=O)(O)OCC(COC(=O)CCCCCCCCCCCCCCCCCC/C=C\C/C=C\C/C=C\C/C=C\C/C=C\C/C=C\CC)OC(=O)CCCCCCCCCCCCCCCC/C=C\C/C=C\C/C=C\C/C=C\C/C=C\C/C=C\CC. The third-order valence-electron chi connectivity index (χ3n) is 23.7. The molecule has 139 heavy (non-hydrogen) atoms. The fourth-order valence-corrected chi connectivity index (χ4v) is 16.9. The molecule has 0 bridgehead atoms. The molecule has 4 N–H and O–H groups in total. The van der Waals surface area contributed by atoms with Gasteiger partial charge in [0.1, 0.15) is 25.4 Å². The second-order valence-corrected chi connectivity index (χ2v) is 39.9. The van der Waals surface area contributed by atoms with Gasteiger partial charge in [0.2, 0.25) is 0 Å². The van der Waals surface area contributed by atoms with Gasteiger partial charge >= 0.3 is 33.6 Å². The van der Waals surface area contributed by atoms with Crippen LogP contribution in [0.3, 0.4) is 0 Å². The summed E-state index contributed by atoms with van der Waals surface area (Å²) in [7, 11) is -9.83. The van der Waals surface area contributed by atoms with Crippen LogP contribution in [0.4, 0.5) is 0 Å². The minimum absolute atomic E-state index is 0.0995. The van der Waals surface area contributed by atoms with Crippen LogP contribution in [0.1, 0.15) is 470 Å². The number of phosphoric ester groups is 2. The first kappa shape index (κ1) is 133. The van der Waals surface area contributed by atoms with E-state index in [1.807, 2.05) is 0 Å². The monoisotopic (exact) mass is 1980 g/mol. The van der Waals surface area contributed by atoms with Gasteiger partial charge < -0.3 is 34.2 Å². The highest BCUT2D eigenvalue weighted by molar-refractivity contribution is 7.47. The van der Waals surface area contributed by atoms with E-state index >= 15 is 0 Å². The van der Waals surface area contributed by atoms with Gasteiger partial charge in [-0.3, -0.25) is 32.5 Å². The fraction of sp³-hybridized carbons (Fsp3) is 0.678. The van der Waals surface area contributed by atoms with E-state index in [1.165, 1.54) is 225 Å². The second-order valence-electron chi connectivity index (χ2n) is 37.0. The number of rotatable bonds is 105. The largest absolute Gasteiger partial charge is 0.472 e. The van der Waals surface area contributed by atoms with Crippen molar-refractivity contribution in [2.45, 2.75) is 489 Å². The van der Waals surface area contributed by atoms with Gasteiger partial charge in [-0.15, -0.1) is 0 Å². The summed E-state index contributed by atoms with van der Waals surface area (Å²) in [6.45, 7) is 2.42. The summed E-state index contributed by atoms with van der Waals surface area (Å²) in [5.74, 6) is -1.56. The van der Waals surface area contributed by atoms with Gasteiger partial charge in [0.25, 0.3) is 0 Å². The molecular formula is C121H204O16P2. The average Bonchev–Trinajstić information content (AvgIpc) is 0.891. The van der Waals surface area contributed by atoms with E-state index in [1.54, 1.807) is 0 Å². The number of carbonyl (C=O) groups is 3. The summed E-state index contributed by atoms with van der Waals surface area (Å²) in [5, 5.41) is 20.8. The molecular weight excluding hydrogens is 1770 g/mol. The van der Waals surface area contributed by atoms with E-state index in [2.05, 4.69) is 240 Å². The van der Waals surface area contributed by atoms with Crippen LogP contribution in [-0.2, 0) is 55.8 Å². The minimum atomic E-state index is -4.95. The number of aliphatic hydroxyl groups excluding tert-OH is 2. The van der Waals surface area contributed by atoms with Crippen molar-refractivity contribution < 1.29 is 75.8 Å². The number of ether oxygens (including phenoxy) is 3. The fourth-order valence-electron chi connectivity index (χ4n) is 15.4. The molecule has 0 saturated carbocycles. The van der Waals surface area contributed by atoms with Crippen LogP contribution < -0.4 is 0 Å². The highest BCUT2D eigenvalue weighted by atomic mass is 31.2. The lowest BCUT2D eigenvalue weighted by Gasteiger charge is -2.21. The lowest BCUT2D eigenvalue weighted by Crippen LogP contribution is -2.30. The average molecular weight is 1980 g/mol. The van der Waals surface area contributed by atoms with Gasteiger partial charge in [0.05, 0.1) is 26.4 Å². The normalized spacial score (nSPS) is 14.4. The van der Waals surface area contributed by atoms with Gasteiger partial charge in [-0.05, 0) is 173 Å². The zero-order chi connectivity index (χ0) is 101. The van der Waals surface area contributed by atoms with Gasteiger partial charge in [-0.2, -0.15) is 0 Å². The quantitative estimate of drug-likeness (QED) is 0.0146. The molecule has 18 heteroatoms. The number of aliphatic hydroxyl groups is 2. The van der Waals surface area contributed by atoms with Crippen molar-refractivity contribution in [3.05, 3.63) is 219 Å². The standard InChI is InChI=1S/C121H204O16P2/c1-4-7-10-13-16-19-22-25-28-31-34-37-40-43-46-49-52-55-57-60-62-65-68-71-74-77-80-83-86-89-92-95-98-101-104-107-119(124)131-110-116(122)111-133-138(127,128)134-112-117(123)113-135-139(129,130)136-115-118(137-121(126)109-106-103-100-97-94-91-88-85-82-79-76-73-70-67-64-59-54-51-48-45-42-39-36-33-30-27-24-21-18-15-12-9-6-3)114-132-120(125)108-105-102-99-96-93-90-87-84-81-78-75-72-69-66-63-61-58-56-53-50-47-44-41-38-35-32-29-26-23-20-17-14-11-8-5-2/h7-12,16-21,25-30,34-39,43-48,52-56,59,116-118,122-123H,4-6,13-15,22-24,31-33,40-42,49-51,57-58,60-115H2,1-3H3,(H,127,128)(H,129,130)/b10-7-,11-8-,12-9-,19-16-,20-17-,21-18-,28-25-,29-26-,30-27-,37-34-,38-35-,39-36-,46-43-,47-44-,48-45-,55-52-,56-53-,59-54-. The van der Waals surface area contributed by atoms with E-state index in [9.17, 15) is 43.5 Å². The maximum Gasteiger partial charge on any atom is 0.472 e. The number of unbranched alkanes of at least 4 members (excludes halogenated alkanes) is 46. The molecule has 0 spiro atoms. The van der Waals surface area contributed by atoms with Crippen LogP contribution in [0.2, 0.25) is 0 Å². The van der Waals surface area contributed by atoms with Gasteiger partial charge in [0, 0.05) is 19.3 Å². The Hall–Kier alpha value is -6.13. The van der Waals surface area contributed by atoms with Crippen molar-refractivity contribution in [1.29, 1.82) is 0 Å². The molecule has 0 aromatic rings. The van der Waals surface area contributed by atoms with Gasteiger partial charge in [-0.25, -0.2) is 9.13 Å². The van der Waals surface area contributed by atoms with Crippen molar-refractivity contribution in [3.8, 4) is 0 Å². The lowest BCUT2D eigenvalue weighted by molar-refractivity contribution is -0.161. The highest BCUT2D eigenvalue weighted by Gasteiger charge is 2.30. The number of allylic oxidation sites excluding steroid dienone is 36. The molecule has 0 aliphatic heterocycles. The van der Waals surface area contributed by atoms with E-state index in [0.717, 1.165) is 186 Å². The molecule has 0 heterocycles. The predicted molar refractivity (Wildman–Crippen MR) is 592 cm³/mol. The zero-order valence-corrected chi connectivity index (χ0v) is 90.1. The Balaban J connectivity index is 4.62. The second kappa shape index (κ2) is 111. The summed E-state index contributed by atoms with van der Waals surface area (Å²) in [4.78, 5) is 59.4. The van der Waals surface area contributed by atoms with Crippen LogP contribution in [0.15, 0.2) is 219 Å². The third-order valence-corrected chi connectivity index (χ3v) is 25.6. The predicted octanol–water partition coefficient (Wildman–Crippen LogP) is 36.4. The van der Waals surface area contributed by atoms with Crippen molar-refractivity contribution >= 4 is 33.6 Å². The molecule has 794 valence electrons. The van der Waals surface area contributed by atoms with Gasteiger partial charge in [-0.1, -0.05) is 496 Å². The molecule has 16 nitrogen and oxygen atoms in total. The summed E-state index contributed by atoms with van der Waals surface area (Å²) < 4.78 is 61.9. The maximum atomic E-state index is 13.2. The molecule has 0 rings (SSSR count). The minimum Gasteiger partial charge on any atom is -0.463 e. The van der Waals surface area contributed by atoms with Crippen molar-refractivity contribution in [2.24, 2.45) is 0 Å². The summed E-state index contributed by atoms with van der Waals surface area (Å²) in [6.07, 6.45) is 153. The number of esters is 3.